The molecule has 0 aliphatic heterocycles. The van der Waals surface area contributed by atoms with Gasteiger partial charge in [0.25, 0.3) is 0 Å². The van der Waals surface area contributed by atoms with E-state index in [0.717, 1.165) is 16.6 Å². The van der Waals surface area contributed by atoms with Crippen molar-refractivity contribution in [2.24, 2.45) is 0 Å². The minimum absolute atomic E-state index is 0.0203. The van der Waals surface area contributed by atoms with Gasteiger partial charge in [-0.05, 0) is 37.0 Å². The molecule has 0 saturated heterocycles. The Hall–Kier alpha value is -3.97. The Bertz CT molecular complexity index is 1520. The van der Waals surface area contributed by atoms with Gasteiger partial charge in [-0.25, -0.2) is 14.2 Å². The van der Waals surface area contributed by atoms with E-state index in [-0.39, 0.29) is 30.9 Å². The second-order valence-corrected chi connectivity index (χ2v) is 9.74. The van der Waals surface area contributed by atoms with Crippen LogP contribution < -0.4 is 4.74 Å². The number of aliphatic hydroxyl groups is 1. The summed E-state index contributed by atoms with van der Waals surface area (Å²) in [7, 11) is 1.39. The van der Waals surface area contributed by atoms with Crippen LogP contribution in [-0.4, -0.2) is 48.6 Å². The number of nitriles is 1. The largest absolute Gasteiger partial charge is 0.494 e. The average Bonchev–Trinajstić information content (AvgIpc) is 3.37. The van der Waals surface area contributed by atoms with E-state index >= 15 is 0 Å². The van der Waals surface area contributed by atoms with E-state index in [1.165, 1.54) is 13.2 Å². The van der Waals surface area contributed by atoms with Gasteiger partial charge in [-0.3, -0.25) is 5.10 Å². The topological polar surface area (TPSA) is 137 Å². The SMILES string of the molecule is COc1cc(-n2c(C(C)(C)CC#N)c(C3CC(O)(C(=O)O)C3)c3nc4[nH]ncc4cc32)ccc1F. The van der Waals surface area contributed by atoms with Gasteiger partial charge in [0.1, 0.15) is 0 Å². The normalized spacial score (nSPS) is 20.1. The first-order valence-electron chi connectivity index (χ1n) is 11.1. The molecule has 0 bridgehead atoms. The molecule has 0 spiro atoms. The zero-order valence-corrected chi connectivity index (χ0v) is 19.5. The number of carboxylic acid groups (broad SMARTS) is 1. The fourth-order valence-electron chi connectivity index (χ4n) is 5.12. The Balaban J connectivity index is 1.87. The molecule has 1 saturated carbocycles. The third-order valence-corrected chi connectivity index (χ3v) is 6.91. The summed E-state index contributed by atoms with van der Waals surface area (Å²) in [5.74, 6) is -2.01. The Morgan fingerprint density at radius 3 is 2.80 bits per heavy atom. The van der Waals surface area contributed by atoms with Gasteiger partial charge in [0.2, 0.25) is 0 Å². The van der Waals surface area contributed by atoms with E-state index in [0.29, 0.717) is 22.4 Å². The van der Waals surface area contributed by atoms with Crippen molar-refractivity contribution in [3.63, 3.8) is 0 Å². The van der Waals surface area contributed by atoms with Crippen molar-refractivity contribution in [3.05, 3.63) is 47.5 Å². The smallest absolute Gasteiger partial charge is 0.335 e. The molecular weight excluding hydrogens is 453 g/mol. The molecule has 10 heteroatoms. The van der Waals surface area contributed by atoms with Crippen molar-refractivity contribution in [2.75, 3.05) is 7.11 Å². The summed E-state index contributed by atoms with van der Waals surface area (Å²) in [6, 6.07) is 8.68. The van der Waals surface area contributed by atoms with E-state index < -0.39 is 22.8 Å². The molecule has 1 fully saturated rings. The summed E-state index contributed by atoms with van der Waals surface area (Å²) in [5.41, 5.74) is 1.52. The maximum Gasteiger partial charge on any atom is 0.335 e. The molecule has 3 N–H and O–H groups in total. The average molecular weight is 477 g/mol. The lowest BCUT2D eigenvalue weighted by atomic mass is 9.66. The minimum atomic E-state index is -1.81. The highest BCUT2D eigenvalue weighted by Gasteiger charge is 2.52. The van der Waals surface area contributed by atoms with Crippen LogP contribution in [0, 0.1) is 17.1 Å². The monoisotopic (exact) mass is 477 g/mol. The minimum Gasteiger partial charge on any atom is -0.494 e. The van der Waals surface area contributed by atoms with Crippen LogP contribution in [0.4, 0.5) is 4.39 Å². The molecule has 1 aliphatic rings. The first kappa shape index (κ1) is 22.8. The summed E-state index contributed by atoms with van der Waals surface area (Å²) in [5, 5.41) is 37.3. The summed E-state index contributed by atoms with van der Waals surface area (Å²) >= 11 is 0. The molecular formula is C25H24FN5O4. The molecule has 180 valence electrons. The molecule has 0 atom stereocenters. The van der Waals surface area contributed by atoms with Crippen LogP contribution in [0.25, 0.3) is 27.8 Å². The number of pyridine rings is 1. The molecule has 1 aromatic carbocycles. The van der Waals surface area contributed by atoms with Gasteiger partial charge in [0, 0.05) is 40.2 Å². The molecule has 3 aromatic heterocycles. The maximum absolute atomic E-state index is 14.3. The number of carboxylic acids is 1. The number of methoxy groups -OCH3 is 1. The Labute approximate surface area is 199 Å². The number of rotatable bonds is 6. The van der Waals surface area contributed by atoms with Gasteiger partial charge in [-0.2, -0.15) is 10.4 Å². The number of H-pyrrole nitrogens is 1. The van der Waals surface area contributed by atoms with E-state index in [2.05, 4.69) is 16.3 Å². The standard InChI is InChI=1S/C25H24FN5O4/c1-24(2,6-7-27)21-19(14-10-25(34,11-14)23(32)33)20-17(8-13-12-28-30-22(13)29-20)31(21)15-4-5-16(26)18(9-15)35-3/h4-5,8-9,12,14,34H,6,10-11H2,1-3H3,(H,32,33)(H,28,29,30). The van der Waals surface area contributed by atoms with Gasteiger partial charge >= 0.3 is 5.97 Å². The molecule has 1 aliphatic carbocycles. The van der Waals surface area contributed by atoms with Crippen molar-refractivity contribution >= 4 is 28.0 Å². The van der Waals surface area contributed by atoms with E-state index in [1.54, 1.807) is 18.3 Å². The lowest BCUT2D eigenvalue weighted by Crippen LogP contribution is -2.49. The van der Waals surface area contributed by atoms with Gasteiger partial charge in [-0.15, -0.1) is 0 Å². The summed E-state index contributed by atoms with van der Waals surface area (Å²) in [4.78, 5) is 16.4. The van der Waals surface area contributed by atoms with Gasteiger partial charge in [0.05, 0.1) is 30.4 Å². The second kappa shape index (κ2) is 7.78. The van der Waals surface area contributed by atoms with Gasteiger partial charge in [-0.1, -0.05) is 13.8 Å². The number of aromatic nitrogens is 4. The number of halogens is 1. The molecule has 0 unspecified atom stereocenters. The van der Waals surface area contributed by atoms with Crippen molar-refractivity contribution in [1.29, 1.82) is 5.26 Å². The number of aliphatic carboxylic acids is 1. The first-order chi connectivity index (χ1) is 16.6. The number of benzene rings is 1. The fourth-order valence-corrected chi connectivity index (χ4v) is 5.12. The number of nitrogens with zero attached hydrogens (tertiary/aromatic N) is 4. The highest BCUT2D eigenvalue weighted by atomic mass is 19.1. The van der Waals surface area contributed by atoms with Crippen molar-refractivity contribution in [3.8, 4) is 17.5 Å². The van der Waals surface area contributed by atoms with Crippen molar-refractivity contribution in [1.82, 2.24) is 19.7 Å². The number of hydrogen-bond donors (Lipinski definition) is 3. The van der Waals surface area contributed by atoms with Crippen LogP contribution in [0.2, 0.25) is 0 Å². The Morgan fingerprint density at radius 2 is 2.14 bits per heavy atom. The van der Waals surface area contributed by atoms with Crippen LogP contribution in [0.15, 0.2) is 30.5 Å². The third-order valence-electron chi connectivity index (χ3n) is 6.91. The van der Waals surface area contributed by atoms with Crippen molar-refractivity contribution < 1.29 is 24.1 Å². The molecule has 5 rings (SSSR count). The summed E-state index contributed by atoms with van der Waals surface area (Å²) in [6.45, 7) is 3.86. The van der Waals surface area contributed by atoms with E-state index in [4.69, 9.17) is 9.72 Å². The highest BCUT2D eigenvalue weighted by Crippen LogP contribution is 2.51. The quantitative estimate of drug-likeness (QED) is 0.383. The van der Waals surface area contributed by atoms with Crippen LogP contribution in [0.1, 0.15) is 50.3 Å². The maximum atomic E-state index is 14.3. The number of ether oxygens (including phenoxy) is 1. The number of hydrogen-bond acceptors (Lipinski definition) is 6. The zero-order chi connectivity index (χ0) is 25.1. The molecule has 0 radical (unpaired) electrons. The first-order valence-corrected chi connectivity index (χ1v) is 11.1. The third kappa shape index (κ3) is 3.42. The number of aromatic amines is 1. The molecule has 9 nitrogen and oxygen atoms in total. The Morgan fingerprint density at radius 1 is 1.40 bits per heavy atom. The number of nitrogens with one attached hydrogen (secondary N) is 1. The summed E-state index contributed by atoms with van der Waals surface area (Å²) in [6.07, 6.45) is 1.86. The predicted molar refractivity (Wildman–Crippen MR) is 125 cm³/mol. The Kier molecular flexibility index (Phi) is 5.07. The number of fused-ring (bicyclic) bond motifs is 2. The van der Waals surface area contributed by atoms with Crippen LogP contribution in [0.5, 0.6) is 5.75 Å². The van der Waals surface area contributed by atoms with Gasteiger partial charge in [0.15, 0.2) is 22.8 Å². The van der Waals surface area contributed by atoms with Gasteiger partial charge < -0.3 is 19.5 Å². The lowest BCUT2D eigenvalue weighted by molar-refractivity contribution is -0.169. The fraction of sp³-hybridized carbons (Fsp3) is 0.360. The molecule has 0 amide bonds. The molecule has 4 aromatic rings. The second-order valence-electron chi connectivity index (χ2n) is 9.74. The van der Waals surface area contributed by atoms with Crippen LogP contribution in [0.3, 0.4) is 0 Å². The van der Waals surface area contributed by atoms with Crippen LogP contribution >= 0.6 is 0 Å². The van der Waals surface area contributed by atoms with Crippen molar-refractivity contribution in [2.45, 2.75) is 50.0 Å². The summed E-state index contributed by atoms with van der Waals surface area (Å²) < 4.78 is 21.4. The number of carbonyl (C=O) groups is 1. The zero-order valence-electron chi connectivity index (χ0n) is 19.5. The highest BCUT2D eigenvalue weighted by molar-refractivity contribution is 5.94. The van der Waals surface area contributed by atoms with Crippen LogP contribution in [-0.2, 0) is 10.2 Å². The molecule has 3 heterocycles. The van der Waals surface area contributed by atoms with E-state index in [9.17, 15) is 24.7 Å². The van der Waals surface area contributed by atoms with E-state index in [1.807, 2.05) is 24.5 Å². The molecule has 35 heavy (non-hydrogen) atoms. The predicted octanol–water partition coefficient (Wildman–Crippen LogP) is 3.93. The lowest BCUT2D eigenvalue weighted by Gasteiger charge is -2.41.